The first-order valence-corrected chi connectivity index (χ1v) is 6.26. The van der Waals surface area contributed by atoms with Gasteiger partial charge in [0.1, 0.15) is 17.2 Å². The summed E-state index contributed by atoms with van der Waals surface area (Å²) in [4.78, 5) is 0. The molecule has 1 aromatic rings. The van der Waals surface area contributed by atoms with Crippen molar-refractivity contribution in [3.63, 3.8) is 0 Å². The van der Waals surface area contributed by atoms with E-state index in [0.717, 1.165) is 12.8 Å². The summed E-state index contributed by atoms with van der Waals surface area (Å²) in [7, 11) is 3.13. The topological polar surface area (TPSA) is 44.5 Å². The van der Waals surface area contributed by atoms with Gasteiger partial charge in [0.05, 0.1) is 14.2 Å². The van der Waals surface area contributed by atoms with Crippen LogP contribution in [0.15, 0.2) is 18.2 Å². The van der Waals surface area contributed by atoms with Crippen LogP contribution in [0.4, 0.5) is 4.39 Å². The highest BCUT2D eigenvalue weighted by atomic mass is 19.1. The highest BCUT2D eigenvalue weighted by Crippen LogP contribution is 2.45. The molecular formula is C14H20FNO2. The molecule has 0 heterocycles. The minimum absolute atomic E-state index is 0.0837. The van der Waals surface area contributed by atoms with Crippen LogP contribution in [0.1, 0.15) is 31.2 Å². The number of rotatable bonds is 3. The highest BCUT2D eigenvalue weighted by Gasteiger charge is 2.39. The average molecular weight is 253 g/mol. The minimum atomic E-state index is -1.41. The van der Waals surface area contributed by atoms with E-state index in [1.807, 2.05) is 0 Å². The lowest BCUT2D eigenvalue weighted by molar-refractivity contribution is 0.0912. The Morgan fingerprint density at radius 2 is 2.11 bits per heavy atom. The van der Waals surface area contributed by atoms with Crippen LogP contribution in [0.25, 0.3) is 0 Å². The molecule has 3 nitrogen and oxygen atoms in total. The second kappa shape index (κ2) is 5.14. The van der Waals surface area contributed by atoms with Gasteiger partial charge in [0.25, 0.3) is 0 Å². The van der Waals surface area contributed by atoms with Crippen LogP contribution in [0.2, 0.25) is 0 Å². The molecular weight excluding hydrogens is 233 g/mol. The summed E-state index contributed by atoms with van der Waals surface area (Å²) in [5, 5.41) is 0. The van der Waals surface area contributed by atoms with Crippen molar-refractivity contribution in [1.29, 1.82) is 0 Å². The summed E-state index contributed by atoms with van der Waals surface area (Å²) in [6, 6.07) is 5.15. The fraction of sp³-hybridized carbons (Fsp3) is 0.571. The molecule has 0 aliphatic heterocycles. The van der Waals surface area contributed by atoms with Gasteiger partial charge in [0.2, 0.25) is 0 Å². The highest BCUT2D eigenvalue weighted by molar-refractivity contribution is 5.44. The van der Waals surface area contributed by atoms with Crippen LogP contribution in [0.3, 0.4) is 0 Å². The molecule has 0 spiro atoms. The first kappa shape index (κ1) is 13.1. The molecule has 1 aliphatic rings. The van der Waals surface area contributed by atoms with Crippen molar-refractivity contribution in [2.45, 2.75) is 37.4 Å². The van der Waals surface area contributed by atoms with Crippen molar-refractivity contribution in [1.82, 2.24) is 0 Å². The maximum Gasteiger partial charge on any atom is 0.141 e. The Morgan fingerprint density at radius 1 is 1.33 bits per heavy atom. The first-order valence-electron chi connectivity index (χ1n) is 6.26. The molecule has 1 aliphatic carbocycles. The number of methoxy groups -OCH3 is 2. The summed E-state index contributed by atoms with van der Waals surface area (Å²) in [6.07, 6.45) is 2.52. The van der Waals surface area contributed by atoms with Gasteiger partial charge in [-0.1, -0.05) is 0 Å². The van der Waals surface area contributed by atoms with Gasteiger partial charge in [-0.2, -0.15) is 0 Å². The van der Waals surface area contributed by atoms with Crippen LogP contribution in [-0.2, 0) is 5.67 Å². The van der Waals surface area contributed by atoms with E-state index in [1.54, 1.807) is 32.4 Å². The number of benzene rings is 1. The van der Waals surface area contributed by atoms with Crippen molar-refractivity contribution in [3.8, 4) is 11.5 Å². The van der Waals surface area contributed by atoms with Crippen LogP contribution < -0.4 is 15.2 Å². The van der Waals surface area contributed by atoms with Crippen molar-refractivity contribution in [2.24, 2.45) is 5.73 Å². The van der Waals surface area contributed by atoms with Gasteiger partial charge in [-0.25, -0.2) is 4.39 Å². The fourth-order valence-electron chi connectivity index (χ4n) is 2.67. The summed E-state index contributed by atoms with van der Waals surface area (Å²) in [6.45, 7) is 0. The predicted molar refractivity (Wildman–Crippen MR) is 68.8 cm³/mol. The molecule has 1 saturated carbocycles. The van der Waals surface area contributed by atoms with E-state index in [1.165, 1.54) is 0 Å². The zero-order valence-corrected chi connectivity index (χ0v) is 10.9. The van der Waals surface area contributed by atoms with Gasteiger partial charge in [-0.3, -0.25) is 0 Å². The molecule has 2 unspecified atom stereocenters. The van der Waals surface area contributed by atoms with Gasteiger partial charge >= 0.3 is 0 Å². The third-order valence-corrected chi connectivity index (χ3v) is 3.62. The quantitative estimate of drug-likeness (QED) is 0.900. The SMILES string of the molecule is COc1ccc(OC)c(C2(F)CCCC(N)C2)c1. The monoisotopic (exact) mass is 253 g/mol. The maximum absolute atomic E-state index is 15.1. The molecule has 4 heteroatoms. The van der Waals surface area contributed by atoms with E-state index >= 15 is 4.39 Å². The Bertz CT molecular complexity index is 424. The standard InChI is InChI=1S/C14H20FNO2/c1-17-11-5-6-13(18-2)12(8-11)14(15)7-3-4-10(16)9-14/h5-6,8,10H,3-4,7,9,16H2,1-2H3. The van der Waals surface area contributed by atoms with Crippen molar-refractivity contribution in [3.05, 3.63) is 23.8 Å². The van der Waals surface area contributed by atoms with Gasteiger partial charge in [0.15, 0.2) is 0 Å². The summed E-state index contributed by atoms with van der Waals surface area (Å²) >= 11 is 0. The molecule has 2 N–H and O–H groups in total. The normalized spacial score (nSPS) is 27.9. The fourth-order valence-corrected chi connectivity index (χ4v) is 2.67. The van der Waals surface area contributed by atoms with Crippen LogP contribution in [0.5, 0.6) is 11.5 Å². The molecule has 0 amide bonds. The molecule has 100 valence electrons. The average Bonchev–Trinajstić information content (AvgIpc) is 2.37. The lowest BCUT2D eigenvalue weighted by Crippen LogP contribution is -2.36. The molecule has 0 radical (unpaired) electrons. The summed E-state index contributed by atoms with van der Waals surface area (Å²) < 4.78 is 25.5. The minimum Gasteiger partial charge on any atom is -0.497 e. The third-order valence-electron chi connectivity index (χ3n) is 3.62. The Kier molecular flexibility index (Phi) is 3.76. The largest absolute Gasteiger partial charge is 0.497 e. The second-order valence-electron chi connectivity index (χ2n) is 4.89. The number of ether oxygens (including phenoxy) is 2. The molecule has 2 atom stereocenters. The summed E-state index contributed by atoms with van der Waals surface area (Å²) in [5.41, 5.74) is 5.05. The van der Waals surface area contributed by atoms with Gasteiger partial charge < -0.3 is 15.2 Å². The van der Waals surface area contributed by atoms with Crippen LogP contribution in [0, 0.1) is 0 Å². The van der Waals surface area contributed by atoms with Gasteiger partial charge in [0, 0.05) is 18.0 Å². The lowest BCUT2D eigenvalue weighted by Gasteiger charge is -2.34. The zero-order chi connectivity index (χ0) is 13.2. The molecule has 1 aromatic carbocycles. The first-order chi connectivity index (χ1) is 8.59. The molecule has 1 fully saturated rings. The van der Waals surface area contributed by atoms with E-state index in [9.17, 15) is 0 Å². The Morgan fingerprint density at radius 3 is 2.72 bits per heavy atom. The van der Waals surface area contributed by atoms with E-state index in [-0.39, 0.29) is 6.04 Å². The molecule has 18 heavy (non-hydrogen) atoms. The van der Waals surface area contributed by atoms with Crippen molar-refractivity contribution >= 4 is 0 Å². The third kappa shape index (κ3) is 2.43. The maximum atomic E-state index is 15.1. The smallest absolute Gasteiger partial charge is 0.141 e. The Labute approximate surface area is 107 Å². The molecule has 0 saturated heterocycles. The predicted octanol–water partition coefficient (Wildman–Crippen LogP) is 2.77. The van der Waals surface area contributed by atoms with Crippen molar-refractivity contribution < 1.29 is 13.9 Å². The van der Waals surface area contributed by atoms with Crippen LogP contribution in [-0.4, -0.2) is 20.3 Å². The van der Waals surface area contributed by atoms with Gasteiger partial charge in [-0.15, -0.1) is 0 Å². The molecule has 2 rings (SSSR count). The number of hydrogen-bond donors (Lipinski definition) is 1. The van der Waals surface area contributed by atoms with E-state index < -0.39 is 5.67 Å². The zero-order valence-electron chi connectivity index (χ0n) is 10.9. The number of alkyl halides is 1. The Balaban J connectivity index is 2.40. The Hall–Kier alpha value is -1.29. The molecule has 0 bridgehead atoms. The van der Waals surface area contributed by atoms with E-state index in [2.05, 4.69) is 0 Å². The van der Waals surface area contributed by atoms with Crippen LogP contribution >= 0.6 is 0 Å². The number of nitrogens with two attached hydrogens (primary N) is 1. The molecule has 0 aromatic heterocycles. The summed E-state index contributed by atoms with van der Waals surface area (Å²) in [5.74, 6) is 1.20. The second-order valence-corrected chi connectivity index (χ2v) is 4.89. The number of halogens is 1. The van der Waals surface area contributed by atoms with Crippen molar-refractivity contribution in [2.75, 3.05) is 14.2 Å². The number of hydrogen-bond acceptors (Lipinski definition) is 3. The van der Waals surface area contributed by atoms with E-state index in [4.69, 9.17) is 15.2 Å². The lowest BCUT2D eigenvalue weighted by atomic mass is 9.78. The van der Waals surface area contributed by atoms with Gasteiger partial charge in [-0.05, 0) is 37.5 Å². The van der Waals surface area contributed by atoms with E-state index in [0.29, 0.717) is 29.9 Å².